The van der Waals surface area contributed by atoms with E-state index in [0.717, 1.165) is 45.0 Å². The lowest BCUT2D eigenvalue weighted by molar-refractivity contribution is -0.159. The average Bonchev–Trinajstić information content (AvgIpc) is 3.23. The van der Waals surface area contributed by atoms with Gasteiger partial charge in [0, 0.05) is 32.7 Å². The monoisotopic (exact) mass is 396 g/mol. The molecule has 1 aliphatic heterocycles. The fraction of sp³-hybridized carbons (Fsp3) is 0.273. The quantitative estimate of drug-likeness (QED) is 0.655. The van der Waals surface area contributed by atoms with Crippen LogP contribution in [0.25, 0.3) is 10.8 Å². The number of fused-ring (bicyclic) bond motifs is 1. The van der Waals surface area contributed by atoms with E-state index >= 15 is 0 Å². The van der Waals surface area contributed by atoms with Crippen LogP contribution in [0.5, 0.6) is 0 Å². The zero-order valence-corrected chi connectivity index (χ0v) is 16.0. The first-order chi connectivity index (χ1) is 14.0. The molecule has 29 heavy (non-hydrogen) atoms. The topological polar surface area (TPSA) is 94.2 Å². The highest BCUT2D eigenvalue weighted by Gasteiger charge is 2.17. The predicted octanol–water partition coefficient (Wildman–Crippen LogP) is 2.91. The van der Waals surface area contributed by atoms with Crippen molar-refractivity contribution in [3.63, 3.8) is 0 Å². The summed E-state index contributed by atoms with van der Waals surface area (Å²) < 4.78 is 5.44. The van der Waals surface area contributed by atoms with Gasteiger partial charge >= 0.3 is 11.9 Å². The van der Waals surface area contributed by atoms with Gasteiger partial charge in [-0.3, -0.25) is 9.80 Å². The summed E-state index contributed by atoms with van der Waals surface area (Å²) in [7, 11) is 0. The van der Waals surface area contributed by atoms with E-state index in [1.807, 2.05) is 6.07 Å². The van der Waals surface area contributed by atoms with Gasteiger partial charge in [0.1, 0.15) is 5.76 Å². The number of aliphatic carboxylic acids is 2. The van der Waals surface area contributed by atoms with Crippen LogP contribution >= 0.6 is 0 Å². The molecule has 0 amide bonds. The van der Waals surface area contributed by atoms with Crippen molar-refractivity contribution in [2.24, 2.45) is 0 Å². The van der Waals surface area contributed by atoms with Gasteiger partial charge in [-0.15, -0.1) is 0 Å². The van der Waals surface area contributed by atoms with Crippen molar-refractivity contribution in [2.75, 3.05) is 26.2 Å². The number of hydrogen-bond donors (Lipinski definition) is 2. The largest absolute Gasteiger partial charge is 0.473 e. The fourth-order valence-electron chi connectivity index (χ4n) is 3.32. The van der Waals surface area contributed by atoms with Crippen molar-refractivity contribution in [2.45, 2.75) is 13.1 Å². The van der Waals surface area contributed by atoms with Gasteiger partial charge in [-0.05, 0) is 34.5 Å². The summed E-state index contributed by atoms with van der Waals surface area (Å²) in [5.74, 6) is -2.59. The zero-order chi connectivity index (χ0) is 20.6. The molecule has 1 aromatic heterocycles. The predicted molar refractivity (Wildman–Crippen MR) is 108 cm³/mol. The second-order valence-electron chi connectivity index (χ2n) is 6.92. The first kappa shape index (κ1) is 20.6. The van der Waals surface area contributed by atoms with Crippen LogP contribution in [-0.4, -0.2) is 58.1 Å². The van der Waals surface area contributed by atoms with Gasteiger partial charge in [0.2, 0.25) is 0 Å². The molecule has 0 unspecified atom stereocenters. The Morgan fingerprint density at radius 2 is 1.41 bits per heavy atom. The van der Waals surface area contributed by atoms with Gasteiger partial charge in [-0.25, -0.2) is 9.59 Å². The summed E-state index contributed by atoms with van der Waals surface area (Å²) in [6, 6.07) is 19.4. The maximum Gasteiger partial charge on any atom is 0.414 e. The zero-order valence-electron chi connectivity index (χ0n) is 16.0. The molecule has 4 rings (SSSR count). The number of rotatable bonds is 4. The summed E-state index contributed by atoms with van der Waals surface area (Å²) in [4.78, 5) is 23.2. The molecule has 7 heteroatoms. The van der Waals surface area contributed by atoms with Crippen molar-refractivity contribution in [1.82, 2.24) is 9.80 Å². The molecule has 2 aromatic carbocycles. The molecule has 1 fully saturated rings. The Balaban J connectivity index is 0.000000353. The van der Waals surface area contributed by atoms with Gasteiger partial charge in [-0.2, -0.15) is 0 Å². The van der Waals surface area contributed by atoms with E-state index in [0.29, 0.717) is 0 Å². The lowest BCUT2D eigenvalue weighted by atomic mass is 10.1. The third-order valence-corrected chi connectivity index (χ3v) is 4.83. The third-order valence-electron chi connectivity index (χ3n) is 4.83. The molecule has 0 aliphatic carbocycles. The second-order valence-corrected chi connectivity index (χ2v) is 6.92. The van der Waals surface area contributed by atoms with Crippen LogP contribution in [0.4, 0.5) is 0 Å². The summed E-state index contributed by atoms with van der Waals surface area (Å²) >= 11 is 0. The Labute approximate surface area is 168 Å². The number of carboxylic acids is 2. The maximum absolute atomic E-state index is 9.10. The number of hydrogen-bond acceptors (Lipinski definition) is 5. The Hall–Kier alpha value is -3.16. The van der Waals surface area contributed by atoms with Crippen molar-refractivity contribution in [1.29, 1.82) is 0 Å². The van der Waals surface area contributed by atoms with Gasteiger partial charge in [0.25, 0.3) is 0 Å². The number of nitrogens with zero attached hydrogens (tertiary/aromatic N) is 2. The van der Waals surface area contributed by atoms with Crippen LogP contribution in [0.2, 0.25) is 0 Å². The fourth-order valence-corrected chi connectivity index (χ4v) is 3.32. The molecule has 0 spiro atoms. The molecule has 0 saturated carbocycles. The molecule has 1 saturated heterocycles. The van der Waals surface area contributed by atoms with E-state index in [1.54, 1.807) is 6.26 Å². The van der Waals surface area contributed by atoms with Gasteiger partial charge in [0.15, 0.2) is 0 Å². The summed E-state index contributed by atoms with van der Waals surface area (Å²) in [6.45, 7) is 6.42. The molecule has 152 valence electrons. The standard InChI is InChI=1S/C20H22N2O.C2H2O4/c1-2-5-19-14-17(7-8-18(19)4-1)15-21-9-11-22(12-10-21)16-20-6-3-13-23-20;3-1(4)2(5)6/h1-8,13-14H,9-12,15-16H2;(H,3,4)(H,5,6). The average molecular weight is 396 g/mol. The van der Waals surface area contributed by atoms with E-state index in [2.05, 4.69) is 58.3 Å². The van der Waals surface area contributed by atoms with E-state index in [9.17, 15) is 0 Å². The molecule has 0 radical (unpaired) electrons. The Morgan fingerprint density at radius 3 is 2.00 bits per heavy atom. The first-order valence-corrected chi connectivity index (χ1v) is 9.42. The van der Waals surface area contributed by atoms with Crippen LogP contribution in [0.15, 0.2) is 65.3 Å². The molecule has 0 bridgehead atoms. The Bertz CT molecular complexity index is 935. The molecule has 7 nitrogen and oxygen atoms in total. The minimum atomic E-state index is -1.82. The molecular weight excluding hydrogens is 372 g/mol. The molecule has 2 N–H and O–H groups in total. The smallest absolute Gasteiger partial charge is 0.414 e. The van der Waals surface area contributed by atoms with Crippen molar-refractivity contribution in [3.8, 4) is 0 Å². The number of piperazine rings is 1. The van der Waals surface area contributed by atoms with Gasteiger partial charge in [-0.1, -0.05) is 36.4 Å². The first-order valence-electron chi connectivity index (χ1n) is 9.42. The van der Waals surface area contributed by atoms with Crippen LogP contribution in [-0.2, 0) is 22.7 Å². The van der Waals surface area contributed by atoms with Gasteiger partial charge in [0.05, 0.1) is 12.8 Å². The number of carboxylic acid groups (broad SMARTS) is 2. The van der Waals surface area contributed by atoms with Crippen LogP contribution < -0.4 is 0 Å². The number of furan rings is 1. The molecule has 0 atom stereocenters. The number of benzene rings is 2. The molecule has 1 aliphatic rings. The lowest BCUT2D eigenvalue weighted by Crippen LogP contribution is -2.45. The molecule has 3 aromatic rings. The normalized spacial score (nSPS) is 14.9. The molecular formula is C22H24N2O5. The van der Waals surface area contributed by atoms with Crippen molar-refractivity contribution in [3.05, 3.63) is 72.2 Å². The third kappa shape index (κ3) is 6.17. The summed E-state index contributed by atoms with van der Waals surface area (Å²) in [6.07, 6.45) is 1.76. The van der Waals surface area contributed by atoms with Crippen LogP contribution in [0.1, 0.15) is 11.3 Å². The van der Waals surface area contributed by atoms with Gasteiger partial charge < -0.3 is 14.6 Å². The van der Waals surface area contributed by atoms with Crippen LogP contribution in [0.3, 0.4) is 0 Å². The number of carbonyl (C=O) groups is 2. The maximum atomic E-state index is 9.10. The van der Waals surface area contributed by atoms with E-state index < -0.39 is 11.9 Å². The SMILES string of the molecule is O=C(O)C(=O)O.c1coc(CN2CCN(Cc3ccc4ccccc4c3)CC2)c1. The molecule has 2 heterocycles. The second kappa shape index (κ2) is 9.86. The Morgan fingerprint density at radius 1 is 0.793 bits per heavy atom. The summed E-state index contributed by atoms with van der Waals surface area (Å²) in [5, 5.41) is 17.4. The summed E-state index contributed by atoms with van der Waals surface area (Å²) in [5.41, 5.74) is 1.41. The minimum Gasteiger partial charge on any atom is -0.473 e. The van der Waals surface area contributed by atoms with Crippen LogP contribution in [0, 0.1) is 0 Å². The Kier molecular flexibility index (Phi) is 6.99. The van der Waals surface area contributed by atoms with E-state index in [-0.39, 0.29) is 0 Å². The highest BCUT2D eigenvalue weighted by molar-refractivity contribution is 6.27. The van der Waals surface area contributed by atoms with Crippen molar-refractivity contribution >= 4 is 22.7 Å². The lowest BCUT2D eigenvalue weighted by Gasteiger charge is -2.34. The highest BCUT2D eigenvalue weighted by atomic mass is 16.4. The van der Waals surface area contributed by atoms with E-state index in [4.69, 9.17) is 24.2 Å². The minimum absolute atomic E-state index is 0.927. The van der Waals surface area contributed by atoms with E-state index in [1.165, 1.54) is 16.3 Å². The van der Waals surface area contributed by atoms with Crippen molar-refractivity contribution < 1.29 is 24.2 Å². The highest BCUT2D eigenvalue weighted by Crippen LogP contribution is 2.18.